The van der Waals surface area contributed by atoms with Gasteiger partial charge in [-0.25, -0.2) is 4.98 Å². The van der Waals surface area contributed by atoms with E-state index in [1.54, 1.807) is 6.92 Å². The van der Waals surface area contributed by atoms with E-state index in [9.17, 15) is 9.90 Å². The zero-order valence-electron chi connectivity index (χ0n) is 13.7. The van der Waals surface area contributed by atoms with Crippen molar-refractivity contribution in [3.05, 3.63) is 62.8 Å². The lowest BCUT2D eigenvalue weighted by Gasteiger charge is -2.25. The molecule has 2 aromatic rings. The number of rotatable bonds is 4. The summed E-state index contributed by atoms with van der Waals surface area (Å²) < 4.78 is 0. The van der Waals surface area contributed by atoms with E-state index in [-0.39, 0.29) is 11.7 Å². The second-order valence-electron chi connectivity index (χ2n) is 6.58. The first-order valence-electron chi connectivity index (χ1n) is 8.19. The van der Waals surface area contributed by atoms with E-state index in [0.717, 1.165) is 35.6 Å². The molecule has 5 nitrogen and oxygen atoms in total. The van der Waals surface area contributed by atoms with Crippen LogP contribution in [0, 0.1) is 6.92 Å². The predicted octanol–water partition coefficient (Wildman–Crippen LogP) is -0.00908. The van der Waals surface area contributed by atoms with Crippen molar-refractivity contribution in [1.82, 2.24) is 9.97 Å². The molecule has 1 aromatic heterocycles. The van der Waals surface area contributed by atoms with E-state index < -0.39 is 0 Å². The molecule has 1 aliphatic heterocycles. The van der Waals surface area contributed by atoms with Crippen molar-refractivity contribution in [2.75, 3.05) is 13.1 Å². The van der Waals surface area contributed by atoms with Crippen LogP contribution in [-0.2, 0) is 19.4 Å². The Morgan fingerprint density at radius 3 is 3.00 bits per heavy atom. The quantitative estimate of drug-likeness (QED) is 0.743. The van der Waals surface area contributed by atoms with E-state index in [1.807, 2.05) is 6.07 Å². The summed E-state index contributed by atoms with van der Waals surface area (Å²) in [5.74, 6) is 0.735. The van der Waals surface area contributed by atoms with Crippen LogP contribution in [0.2, 0.25) is 0 Å². The van der Waals surface area contributed by atoms with Crippen LogP contribution in [0.3, 0.4) is 0 Å². The Morgan fingerprint density at radius 2 is 2.26 bits per heavy atom. The molecule has 0 spiro atoms. The zero-order chi connectivity index (χ0) is 16.4. The van der Waals surface area contributed by atoms with Gasteiger partial charge in [0, 0.05) is 12.8 Å². The number of H-pyrrole nitrogens is 1. The number of aliphatic hydroxyl groups is 1. The monoisotopic (exact) mass is 314 g/mol. The molecule has 0 amide bonds. The Balaban J connectivity index is 1.82. The van der Waals surface area contributed by atoms with Crippen LogP contribution in [-0.4, -0.2) is 34.3 Å². The minimum Gasteiger partial charge on any atom is -0.388 e. The minimum absolute atomic E-state index is 0.0274. The molecule has 1 unspecified atom stereocenters. The van der Waals surface area contributed by atoms with Crippen molar-refractivity contribution >= 4 is 0 Å². The lowest BCUT2D eigenvalue weighted by atomic mass is 10.1. The average molecular weight is 314 g/mol. The number of benzene rings is 1. The standard InChI is InChI=1S/C18H23N3O2/c1-12-4-3-5-14(8-12)9-17-19-16-6-7-21(10-13(2)22)11-15(16)18(23)20-17/h3-5,8,13,22H,6-7,9-11H2,1-2H3,(H,19,20,23)/p+1/t13-/m1/s1. The topological polar surface area (TPSA) is 70.4 Å². The summed E-state index contributed by atoms with van der Waals surface area (Å²) in [6, 6.07) is 8.26. The molecule has 2 atom stereocenters. The molecule has 3 rings (SSSR count). The Morgan fingerprint density at radius 1 is 1.43 bits per heavy atom. The van der Waals surface area contributed by atoms with Crippen LogP contribution >= 0.6 is 0 Å². The summed E-state index contributed by atoms with van der Waals surface area (Å²) >= 11 is 0. The van der Waals surface area contributed by atoms with Gasteiger partial charge in [0.1, 0.15) is 25.0 Å². The smallest absolute Gasteiger partial charge is 0.260 e. The van der Waals surface area contributed by atoms with Gasteiger partial charge in [0.25, 0.3) is 5.56 Å². The fourth-order valence-electron chi connectivity index (χ4n) is 3.31. The van der Waals surface area contributed by atoms with E-state index >= 15 is 0 Å². The highest BCUT2D eigenvalue weighted by atomic mass is 16.3. The summed E-state index contributed by atoms with van der Waals surface area (Å²) in [7, 11) is 0. The summed E-state index contributed by atoms with van der Waals surface area (Å²) in [5.41, 5.74) is 4.04. The molecule has 3 N–H and O–H groups in total. The van der Waals surface area contributed by atoms with Crippen LogP contribution in [0.1, 0.15) is 35.1 Å². The Labute approximate surface area is 136 Å². The highest BCUT2D eigenvalue weighted by Gasteiger charge is 2.24. The van der Waals surface area contributed by atoms with Gasteiger partial charge < -0.3 is 15.0 Å². The molecular weight excluding hydrogens is 290 g/mol. The van der Waals surface area contributed by atoms with E-state index in [2.05, 4.69) is 35.1 Å². The lowest BCUT2D eigenvalue weighted by Crippen LogP contribution is -3.13. The SMILES string of the molecule is Cc1cccc(Cc2nc3c(c(=O)[nH]2)C[NH+](C[C@@H](C)O)CC3)c1. The Kier molecular flexibility index (Phi) is 4.59. The van der Waals surface area contributed by atoms with Gasteiger partial charge in [0.05, 0.1) is 17.8 Å². The normalized spacial score (nSPS) is 18.5. The third kappa shape index (κ3) is 3.86. The molecule has 0 fully saturated rings. The van der Waals surface area contributed by atoms with Crippen LogP contribution in [0.25, 0.3) is 0 Å². The number of hydrogen-bond donors (Lipinski definition) is 3. The summed E-state index contributed by atoms with van der Waals surface area (Å²) in [6.07, 6.45) is 1.09. The number of aromatic amines is 1. The highest BCUT2D eigenvalue weighted by molar-refractivity contribution is 5.26. The van der Waals surface area contributed by atoms with Gasteiger partial charge in [-0.05, 0) is 19.4 Å². The number of quaternary nitrogens is 1. The van der Waals surface area contributed by atoms with Crippen molar-refractivity contribution < 1.29 is 10.0 Å². The first-order valence-corrected chi connectivity index (χ1v) is 8.19. The molecule has 5 heteroatoms. The minimum atomic E-state index is -0.348. The van der Waals surface area contributed by atoms with Gasteiger partial charge in [-0.2, -0.15) is 0 Å². The maximum Gasteiger partial charge on any atom is 0.260 e. The van der Waals surface area contributed by atoms with E-state index in [1.165, 1.54) is 10.5 Å². The second kappa shape index (κ2) is 6.64. The Bertz CT molecular complexity index is 752. The maximum absolute atomic E-state index is 12.4. The predicted molar refractivity (Wildman–Crippen MR) is 88.6 cm³/mol. The van der Waals surface area contributed by atoms with Crippen molar-refractivity contribution in [3.63, 3.8) is 0 Å². The first kappa shape index (κ1) is 15.9. The lowest BCUT2D eigenvalue weighted by molar-refractivity contribution is -0.918. The number of nitrogens with one attached hydrogen (secondary N) is 2. The molecule has 23 heavy (non-hydrogen) atoms. The molecule has 0 bridgehead atoms. The molecule has 2 heterocycles. The summed E-state index contributed by atoms with van der Waals surface area (Å²) in [6.45, 7) is 6.08. The number of hydrogen-bond acceptors (Lipinski definition) is 3. The third-order valence-electron chi connectivity index (χ3n) is 4.33. The largest absolute Gasteiger partial charge is 0.388 e. The Hall–Kier alpha value is -1.98. The molecule has 1 aromatic carbocycles. The number of nitrogens with zero attached hydrogens (tertiary/aromatic N) is 1. The molecule has 1 aliphatic rings. The average Bonchev–Trinajstić information content (AvgIpc) is 2.47. The number of aryl methyl sites for hydroxylation is 1. The summed E-state index contributed by atoms with van der Waals surface area (Å²) in [5, 5.41) is 9.53. The van der Waals surface area contributed by atoms with Gasteiger partial charge >= 0.3 is 0 Å². The zero-order valence-corrected chi connectivity index (χ0v) is 13.7. The molecule has 0 saturated carbocycles. The fraction of sp³-hybridized carbons (Fsp3) is 0.444. The number of aliphatic hydroxyl groups excluding tert-OH is 1. The van der Waals surface area contributed by atoms with E-state index in [0.29, 0.717) is 19.5 Å². The van der Waals surface area contributed by atoms with Crippen molar-refractivity contribution in [1.29, 1.82) is 0 Å². The third-order valence-corrected chi connectivity index (χ3v) is 4.33. The highest BCUT2D eigenvalue weighted by Crippen LogP contribution is 2.10. The van der Waals surface area contributed by atoms with Gasteiger partial charge in [-0.1, -0.05) is 29.8 Å². The van der Waals surface area contributed by atoms with Crippen LogP contribution in [0.15, 0.2) is 29.1 Å². The van der Waals surface area contributed by atoms with Gasteiger partial charge in [0.15, 0.2) is 0 Å². The fourth-order valence-corrected chi connectivity index (χ4v) is 3.31. The van der Waals surface area contributed by atoms with Crippen molar-refractivity contribution in [2.24, 2.45) is 0 Å². The molecule has 122 valence electrons. The summed E-state index contributed by atoms with van der Waals surface area (Å²) in [4.78, 5) is 21.3. The maximum atomic E-state index is 12.4. The van der Waals surface area contributed by atoms with Gasteiger partial charge in [-0.15, -0.1) is 0 Å². The van der Waals surface area contributed by atoms with Crippen LogP contribution in [0.4, 0.5) is 0 Å². The van der Waals surface area contributed by atoms with Gasteiger partial charge in [0.2, 0.25) is 0 Å². The second-order valence-corrected chi connectivity index (χ2v) is 6.58. The molecule has 0 radical (unpaired) electrons. The molecular formula is C18H24N3O2+. The number of aromatic nitrogens is 2. The molecule has 0 aliphatic carbocycles. The van der Waals surface area contributed by atoms with Crippen molar-refractivity contribution in [3.8, 4) is 0 Å². The molecule has 0 saturated heterocycles. The van der Waals surface area contributed by atoms with Gasteiger partial charge in [-0.3, -0.25) is 4.79 Å². The first-order chi connectivity index (χ1) is 11.0. The van der Waals surface area contributed by atoms with E-state index in [4.69, 9.17) is 0 Å². The van der Waals surface area contributed by atoms with Crippen molar-refractivity contribution in [2.45, 2.75) is 39.3 Å². The number of fused-ring (bicyclic) bond motifs is 1. The van der Waals surface area contributed by atoms with Crippen LogP contribution < -0.4 is 10.5 Å². The van der Waals surface area contributed by atoms with Crippen LogP contribution in [0.5, 0.6) is 0 Å².